The van der Waals surface area contributed by atoms with Crippen LogP contribution in [0.15, 0.2) is 0 Å². The SMILES string of the molecule is C[C@@H](CCCO)CC1CCCCC1. The molecular formula is C12H24O. The van der Waals surface area contributed by atoms with E-state index < -0.39 is 0 Å². The van der Waals surface area contributed by atoms with Crippen molar-refractivity contribution in [3.8, 4) is 0 Å². The summed E-state index contributed by atoms with van der Waals surface area (Å²) < 4.78 is 0. The molecule has 1 atom stereocenters. The zero-order chi connectivity index (χ0) is 9.52. The van der Waals surface area contributed by atoms with E-state index in [0.29, 0.717) is 6.61 Å². The molecule has 1 nitrogen and oxygen atoms in total. The lowest BCUT2D eigenvalue weighted by molar-refractivity contribution is 0.250. The zero-order valence-electron chi connectivity index (χ0n) is 8.97. The Hall–Kier alpha value is -0.0400. The van der Waals surface area contributed by atoms with Crippen molar-refractivity contribution >= 4 is 0 Å². The minimum absolute atomic E-state index is 0.370. The normalized spacial score (nSPS) is 21.7. The van der Waals surface area contributed by atoms with Gasteiger partial charge in [0.15, 0.2) is 0 Å². The van der Waals surface area contributed by atoms with Gasteiger partial charge in [0.25, 0.3) is 0 Å². The standard InChI is InChI=1S/C12H24O/c1-11(6-5-9-13)10-12-7-3-2-4-8-12/h11-13H,2-10H2,1H3/t11-/m0/s1. The van der Waals surface area contributed by atoms with Gasteiger partial charge >= 0.3 is 0 Å². The van der Waals surface area contributed by atoms with Gasteiger partial charge in [-0.25, -0.2) is 0 Å². The number of rotatable bonds is 5. The Bertz CT molecular complexity index is 116. The van der Waals surface area contributed by atoms with E-state index in [1.54, 1.807) is 0 Å². The molecule has 1 fully saturated rings. The molecular weight excluding hydrogens is 160 g/mol. The third-order valence-corrected chi connectivity index (χ3v) is 3.32. The highest BCUT2D eigenvalue weighted by Gasteiger charge is 2.15. The molecule has 1 aliphatic carbocycles. The monoisotopic (exact) mass is 184 g/mol. The van der Waals surface area contributed by atoms with Gasteiger partial charge in [0, 0.05) is 6.61 Å². The molecule has 0 heterocycles. The van der Waals surface area contributed by atoms with Gasteiger partial charge < -0.3 is 5.11 Å². The van der Waals surface area contributed by atoms with Crippen molar-refractivity contribution in [2.24, 2.45) is 11.8 Å². The highest BCUT2D eigenvalue weighted by Crippen LogP contribution is 2.30. The van der Waals surface area contributed by atoms with Crippen LogP contribution in [0, 0.1) is 11.8 Å². The van der Waals surface area contributed by atoms with E-state index in [-0.39, 0.29) is 0 Å². The smallest absolute Gasteiger partial charge is 0.0431 e. The predicted molar refractivity (Wildman–Crippen MR) is 56.7 cm³/mol. The fourth-order valence-electron chi connectivity index (χ4n) is 2.55. The van der Waals surface area contributed by atoms with Gasteiger partial charge in [-0.15, -0.1) is 0 Å². The summed E-state index contributed by atoms with van der Waals surface area (Å²) in [5.41, 5.74) is 0. The second kappa shape index (κ2) is 6.42. The van der Waals surface area contributed by atoms with Crippen molar-refractivity contribution < 1.29 is 5.11 Å². The molecule has 0 saturated heterocycles. The maximum absolute atomic E-state index is 8.72. The average Bonchev–Trinajstić information content (AvgIpc) is 2.16. The van der Waals surface area contributed by atoms with E-state index >= 15 is 0 Å². The molecule has 0 amide bonds. The molecule has 78 valence electrons. The second-order valence-corrected chi connectivity index (χ2v) is 4.71. The molecule has 0 bridgehead atoms. The van der Waals surface area contributed by atoms with Gasteiger partial charge in [0.05, 0.1) is 0 Å². The van der Waals surface area contributed by atoms with E-state index in [4.69, 9.17) is 5.11 Å². The Balaban J connectivity index is 2.07. The molecule has 0 spiro atoms. The van der Waals surface area contributed by atoms with Crippen LogP contribution in [0.5, 0.6) is 0 Å². The maximum Gasteiger partial charge on any atom is 0.0431 e. The van der Waals surface area contributed by atoms with Gasteiger partial charge in [-0.1, -0.05) is 39.0 Å². The summed E-state index contributed by atoms with van der Waals surface area (Å²) in [5, 5.41) is 8.72. The number of hydrogen-bond acceptors (Lipinski definition) is 1. The highest BCUT2D eigenvalue weighted by atomic mass is 16.2. The lowest BCUT2D eigenvalue weighted by atomic mass is 9.82. The molecule has 1 N–H and O–H groups in total. The fourth-order valence-corrected chi connectivity index (χ4v) is 2.55. The third-order valence-electron chi connectivity index (χ3n) is 3.32. The number of aliphatic hydroxyl groups is 1. The van der Waals surface area contributed by atoms with Crippen LogP contribution in [-0.4, -0.2) is 11.7 Å². The van der Waals surface area contributed by atoms with Gasteiger partial charge in [-0.05, 0) is 31.1 Å². The molecule has 0 unspecified atom stereocenters. The molecule has 1 aliphatic rings. The van der Waals surface area contributed by atoms with Crippen LogP contribution < -0.4 is 0 Å². The first-order valence-corrected chi connectivity index (χ1v) is 5.93. The van der Waals surface area contributed by atoms with Crippen LogP contribution >= 0.6 is 0 Å². The Labute approximate surface area is 82.5 Å². The van der Waals surface area contributed by atoms with E-state index in [0.717, 1.165) is 18.3 Å². The Kier molecular flexibility index (Phi) is 5.45. The zero-order valence-corrected chi connectivity index (χ0v) is 8.97. The molecule has 1 heteroatoms. The van der Waals surface area contributed by atoms with Gasteiger partial charge in [-0.2, -0.15) is 0 Å². The van der Waals surface area contributed by atoms with Crippen LogP contribution in [0.2, 0.25) is 0 Å². The van der Waals surface area contributed by atoms with Crippen molar-refractivity contribution in [3.63, 3.8) is 0 Å². The Morgan fingerprint density at radius 1 is 1.23 bits per heavy atom. The molecule has 0 aliphatic heterocycles. The summed E-state index contributed by atoms with van der Waals surface area (Å²) in [6, 6.07) is 0. The van der Waals surface area contributed by atoms with Crippen molar-refractivity contribution in [1.29, 1.82) is 0 Å². The van der Waals surface area contributed by atoms with Gasteiger partial charge in [0.1, 0.15) is 0 Å². The lowest BCUT2D eigenvalue weighted by Crippen LogP contribution is -2.10. The minimum Gasteiger partial charge on any atom is -0.396 e. The van der Waals surface area contributed by atoms with Crippen molar-refractivity contribution in [2.45, 2.75) is 58.3 Å². The van der Waals surface area contributed by atoms with Crippen LogP contribution in [0.1, 0.15) is 58.3 Å². The quantitative estimate of drug-likeness (QED) is 0.694. The average molecular weight is 184 g/mol. The summed E-state index contributed by atoms with van der Waals surface area (Å²) in [6.07, 6.45) is 10.9. The second-order valence-electron chi connectivity index (χ2n) is 4.71. The van der Waals surface area contributed by atoms with Crippen molar-refractivity contribution in [3.05, 3.63) is 0 Å². The highest BCUT2D eigenvalue weighted by molar-refractivity contribution is 4.68. The largest absolute Gasteiger partial charge is 0.396 e. The summed E-state index contributed by atoms with van der Waals surface area (Å²) in [6.45, 7) is 2.71. The van der Waals surface area contributed by atoms with E-state index in [1.165, 1.54) is 44.9 Å². The molecule has 0 aromatic carbocycles. The fraction of sp³-hybridized carbons (Fsp3) is 1.00. The Morgan fingerprint density at radius 3 is 2.54 bits per heavy atom. The van der Waals surface area contributed by atoms with Crippen molar-refractivity contribution in [1.82, 2.24) is 0 Å². The first-order valence-electron chi connectivity index (χ1n) is 5.93. The van der Waals surface area contributed by atoms with Crippen LogP contribution in [-0.2, 0) is 0 Å². The lowest BCUT2D eigenvalue weighted by Gasteiger charge is -2.24. The minimum atomic E-state index is 0.370. The predicted octanol–water partition coefficient (Wildman–Crippen LogP) is 3.37. The third kappa shape index (κ3) is 4.66. The Morgan fingerprint density at radius 2 is 1.92 bits per heavy atom. The molecule has 13 heavy (non-hydrogen) atoms. The van der Waals surface area contributed by atoms with Gasteiger partial charge in [0.2, 0.25) is 0 Å². The van der Waals surface area contributed by atoms with Crippen molar-refractivity contribution in [2.75, 3.05) is 6.61 Å². The molecule has 0 radical (unpaired) electrons. The van der Waals surface area contributed by atoms with E-state index in [1.807, 2.05) is 0 Å². The summed E-state index contributed by atoms with van der Waals surface area (Å²) in [4.78, 5) is 0. The molecule has 1 saturated carbocycles. The van der Waals surface area contributed by atoms with E-state index in [2.05, 4.69) is 6.92 Å². The van der Waals surface area contributed by atoms with Crippen LogP contribution in [0.4, 0.5) is 0 Å². The topological polar surface area (TPSA) is 20.2 Å². The number of aliphatic hydroxyl groups excluding tert-OH is 1. The van der Waals surface area contributed by atoms with Crippen LogP contribution in [0.3, 0.4) is 0 Å². The maximum atomic E-state index is 8.72. The summed E-state index contributed by atoms with van der Waals surface area (Å²) >= 11 is 0. The number of hydrogen-bond donors (Lipinski definition) is 1. The molecule has 0 aromatic heterocycles. The molecule has 0 aromatic rings. The molecule has 1 rings (SSSR count). The van der Waals surface area contributed by atoms with Crippen LogP contribution in [0.25, 0.3) is 0 Å². The summed E-state index contributed by atoms with van der Waals surface area (Å²) in [5.74, 6) is 1.83. The van der Waals surface area contributed by atoms with Gasteiger partial charge in [-0.3, -0.25) is 0 Å². The first kappa shape index (κ1) is 11.0. The summed E-state index contributed by atoms with van der Waals surface area (Å²) in [7, 11) is 0. The first-order chi connectivity index (χ1) is 6.33. The van der Waals surface area contributed by atoms with E-state index in [9.17, 15) is 0 Å².